The molecule has 0 fully saturated rings. The Kier molecular flexibility index (Phi) is 15.6. The van der Waals surface area contributed by atoms with Gasteiger partial charge in [0.05, 0.1) is 10.7 Å². The van der Waals surface area contributed by atoms with E-state index < -0.39 is 5.92 Å². The van der Waals surface area contributed by atoms with Gasteiger partial charge in [0.1, 0.15) is 12.2 Å². The van der Waals surface area contributed by atoms with E-state index in [1.165, 1.54) is 11.8 Å². The molecule has 0 saturated carbocycles. The predicted octanol–water partition coefficient (Wildman–Crippen LogP) is 4.35. The zero-order valence-electron chi connectivity index (χ0n) is 12.1. The molecule has 2 unspecified atom stereocenters. The highest BCUT2D eigenvalue weighted by molar-refractivity contribution is 8.09. The number of aldehydes is 1. The molecule has 0 radical (unpaired) electrons. The van der Waals surface area contributed by atoms with Crippen LogP contribution in [0.3, 0.4) is 0 Å². The second-order valence-electron chi connectivity index (χ2n) is 3.17. The summed E-state index contributed by atoms with van der Waals surface area (Å²) in [5.74, 6) is -0.580. The van der Waals surface area contributed by atoms with Crippen LogP contribution in [0.1, 0.15) is 13.8 Å². The van der Waals surface area contributed by atoms with E-state index >= 15 is 0 Å². The molecule has 112 valence electrons. The molecule has 0 aliphatic carbocycles. The Morgan fingerprint density at radius 2 is 1.90 bits per heavy atom. The molecule has 0 saturated heterocycles. The van der Waals surface area contributed by atoms with Gasteiger partial charge < -0.3 is 10.1 Å². The summed E-state index contributed by atoms with van der Waals surface area (Å²) in [6.07, 6.45) is 2.43. The van der Waals surface area contributed by atoms with Gasteiger partial charge in [0.2, 0.25) is 0 Å². The normalized spacial score (nSPS) is 11.4. The van der Waals surface area contributed by atoms with Crippen molar-refractivity contribution >= 4 is 48.0 Å². The third-order valence-corrected chi connectivity index (χ3v) is 3.96. The van der Waals surface area contributed by atoms with E-state index in [0.29, 0.717) is 6.29 Å². The van der Waals surface area contributed by atoms with E-state index in [9.17, 15) is 4.79 Å². The maximum Gasteiger partial charge on any atom is 0.139 e. The van der Waals surface area contributed by atoms with Crippen LogP contribution < -0.4 is 5.32 Å². The molecule has 20 heavy (non-hydrogen) atoms. The number of thioether (sulfide) groups is 1. The van der Waals surface area contributed by atoms with Gasteiger partial charge >= 0.3 is 0 Å². The largest absolute Gasteiger partial charge is 0.388 e. The molecule has 1 rings (SSSR count). The monoisotopic (exact) mass is 332 g/mol. The third kappa shape index (κ3) is 10.0. The minimum absolute atomic E-state index is 0.188. The van der Waals surface area contributed by atoms with E-state index in [2.05, 4.69) is 17.9 Å². The Balaban J connectivity index is 0. The van der Waals surface area contributed by atoms with Gasteiger partial charge in [-0.15, -0.1) is 11.8 Å². The van der Waals surface area contributed by atoms with Gasteiger partial charge in [0, 0.05) is 17.8 Å². The summed E-state index contributed by atoms with van der Waals surface area (Å²) in [6.45, 7) is 4.00. The van der Waals surface area contributed by atoms with Gasteiger partial charge in [-0.2, -0.15) is 17.9 Å². The number of carbonyl (C=O) groups excluding carboxylic acids is 1. The number of rotatable bonds is 4. The molecule has 0 heterocycles. The van der Waals surface area contributed by atoms with Crippen molar-refractivity contribution in [3.63, 3.8) is 0 Å². The number of hydrogen-bond acceptors (Lipinski definition) is 5. The molecule has 0 bridgehead atoms. The lowest BCUT2D eigenvalue weighted by molar-refractivity contribution is -0.109. The minimum Gasteiger partial charge on any atom is -0.388 e. The van der Waals surface area contributed by atoms with Crippen LogP contribution in [-0.2, 0) is 4.79 Å². The lowest BCUT2D eigenvalue weighted by Crippen LogP contribution is -2.09. The van der Waals surface area contributed by atoms with Crippen LogP contribution in [0, 0.1) is 17.2 Å². The summed E-state index contributed by atoms with van der Waals surface area (Å²) in [5.41, 5.74) is 1.08. The van der Waals surface area contributed by atoms with Crippen molar-refractivity contribution < 1.29 is 4.79 Å². The van der Waals surface area contributed by atoms with Crippen LogP contribution in [0.5, 0.6) is 0 Å². The summed E-state index contributed by atoms with van der Waals surface area (Å²) >= 11 is 11.0. The molecule has 1 aromatic rings. The summed E-state index contributed by atoms with van der Waals surface area (Å²) < 4.78 is -0.188. The highest BCUT2D eigenvalue weighted by Gasteiger charge is 2.14. The molecule has 2 atom stereocenters. The zero-order chi connectivity index (χ0) is 16.0. The quantitative estimate of drug-likeness (QED) is 0.489. The number of nitrogens with zero attached hydrogens (tertiary/aromatic N) is 1. The lowest BCUT2D eigenvalue weighted by Gasteiger charge is -2.05. The highest BCUT2D eigenvalue weighted by Crippen LogP contribution is 2.18. The highest BCUT2D eigenvalue weighted by atomic mass is 35.5. The Labute approximate surface area is 136 Å². The number of carbonyl (C=O) groups is 1. The number of hydrogen-bond donors (Lipinski definition) is 2. The second kappa shape index (κ2) is 14.6. The third-order valence-electron chi connectivity index (χ3n) is 1.98. The molecule has 6 heteroatoms. The van der Waals surface area contributed by atoms with Gasteiger partial charge in [-0.3, -0.25) is 0 Å². The van der Waals surface area contributed by atoms with Crippen LogP contribution in [-0.4, -0.2) is 24.2 Å². The van der Waals surface area contributed by atoms with Crippen molar-refractivity contribution in [3.05, 3.63) is 29.3 Å². The molecule has 0 aliphatic heterocycles. The summed E-state index contributed by atoms with van der Waals surface area (Å²) in [5, 5.41) is 12.1. The van der Waals surface area contributed by atoms with E-state index in [0.717, 1.165) is 10.7 Å². The van der Waals surface area contributed by atoms with Crippen LogP contribution in [0.2, 0.25) is 5.02 Å². The van der Waals surface area contributed by atoms with Crippen LogP contribution in [0.4, 0.5) is 5.69 Å². The Morgan fingerprint density at radius 1 is 1.40 bits per heavy atom. The Bertz CT molecular complexity index is 393. The van der Waals surface area contributed by atoms with Crippen molar-refractivity contribution in [1.29, 1.82) is 5.26 Å². The average Bonchev–Trinajstić information content (AvgIpc) is 2.51. The number of nitriles is 1. The average molecular weight is 333 g/mol. The fraction of sp³-hybridized carbons (Fsp3) is 0.429. The Morgan fingerprint density at radius 3 is 2.15 bits per heavy atom. The first kappa shape index (κ1) is 21.5. The smallest absolute Gasteiger partial charge is 0.139 e. The first-order chi connectivity index (χ1) is 9.58. The maximum atomic E-state index is 10.1. The van der Waals surface area contributed by atoms with Crippen molar-refractivity contribution in [3.8, 4) is 6.07 Å². The van der Waals surface area contributed by atoms with Gasteiger partial charge in [0.15, 0.2) is 0 Å². The van der Waals surface area contributed by atoms with Crippen LogP contribution in [0.15, 0.2) is 24.3 Å². The summed E-state index contributed by atoms with van der Waals surface area (Å²) in [7, 11) is 1.88. The van der Waals surface area contributed by atoms with Gasteiger partial charge in [-0.05, 0) is 30.5 Å². The summed E-state index contributed by atoms with van der Waals surface area (Å²) in [6, 6.07) is 9.41. The van der Waals surface area contributed by atoms with Crippen LogP contribution in [0.25, 0.3) is 0 Å². The topological polar surface area (TPSA) is 52.9 Å². The summed E-state index contributed by atoms with van der Waals surface area (Å²) in [4.78, 5) is 10.1. The lowest BCUT2D eigenvalue weighted by atomic mass is 10.2. The SMILES string of the molecule is CC.CNc1ccc(Cl)cc1.CSC(S)C(C#N)C=O. The first-order valence-electron chi connectivity index (χ1n) is 6.08. The van der Waals surface area contributed by atoms with Crippen LogP contribution >= 0.6 is 36.0 Å². The van der Waals surface area contributed by atoms with E-state index in [4.69, 9.17) is 16.9 Å². The van der Waals surface area contributed by atoms with E-state index in [1.54, 1.807) is 0 Å². The fourth-order valence-corrected chi connectivity index (χ4v) is 1.61. The maximum absolute atomic E-state index is 10.1. The molecule has 0 aromatic heterocycles. The van der Waals surface area contributed by atoms with Gasteiger partial charge in [-0.25, -0.2) is 0 Å². The molecular weight excluding hydrogens is 312 g/mol. The van der Waals surface area contributed by atoms with Crippen molar-refractivity contribution in [1.82, 2.24) is 0 Å². The zero-order valence-corrected chi connectivity index (χ0v) is 14.6. The number of thiol groups is 1. The Hall–Kier alpha value is -0.830. The van der Waals surface area contributed by atoms with Gasteiger partial charge in [0.25, 0.3) is 0 Å². The predicted molar refractivity (Wildman–Crippen MR) is 93.8 cm³/mol. The molecule has 1 N–H and O–H groups in total. The van der Waals surface area contributed by atoms with Crippen molar-refractivity contribution in [2.24, 2.45) is 5.92 Å². The number of halogens is 1. The number of benzene rings is 1. The van der Waals surface area contributed by atoms with E-state index in [1.807, 2.05) is 57.5 Å². The fourth-order valence-electron chi connectivity index (χ4n) is 0.925. The standard InChI is InChI=1S/C7H8ClN.C5H7NOS2.C2H6/c1-9-7-4-2-6(8)3-5-7;1-9-5(8)4(2-6)3-7;1-2/h2-5,9H,1H3;3-5,8H,1H3;1-2H3. The molecule has 0 amide bonds. The minimum atomic E-state index is -0.580. The van der Waals surface area contributed by atoms with E-state index in [-0.39, 0.29) is 4.58 Å². The van der Waals surface area contributed by atoms with Gasteiger partial charge in [-0.1, -0.05) is 25.4 Å². The molecule has 0 spiro atoms. The number of nitrogens with one attached hydrogen (secondary N) is 1. The van der Waals surface area contributed by atoms with Crippen molar-refractivity contribution in [2.75, 3.05) is 18.6 Å². The molecule has 1 aromatic carbocycles. The van der Waals surface area contributed by atoms with Crippen molar-refractivity contribution in [2.45, 2.75) is 18.4 Å². The molecule has 0 aliphatic rings. The molecule has 3 nitrogen and oxygen atoms in total. The second-order valence-corrected chi connectivity index (χ2v) is 5.50. The number of anilines is 1. The molecular formula is C14H21ClN2OS2. The first-order valence-corrected chi connectivity index (χ1v) is 8.26.